The Morgan fingerprint density at radius 3 is 2.37 bits per heavy atom. The molecule has 0 unspecified atom stereocenters. The average molecular weight is 260 g/mol. The number of nitrogens with zero attached hydrogens (tertiary/aromatic N) is 1. The van der Waals surface area contributed by atoms with Crippen LogP contribution in [-0.2, 0) is 16.6 Å². The zero-order chi connectivity index (χ0) is 13.1. The summed E-state index contributed by atoms with van der Waals surface area (Å²) in [6, 6.07) is 9.14. The molecule has 3 heteroatoms. The molecule has 0 radical (unpaired) electrons. The van der Waals surface area contributed by atoms with Crippen molar-refractivity contribution in [2.75, 3.05) is 39.4 Å². The van der Waals surface area contributed by atoms with Gasteiger partial charge in [0.1, 0.15) is 0 Å². The van der Waals surface area contributed by atoms with Gasteiger partial charge in [0.05, 0.1) is 13.2 Å². The van der Waals surface area contributed by atoms with Gasteiger partial charge in [-0.2, -0.15) is 0 Å². The van der Waals surface area contributed by atoms with Gasteiger partial charge in [-0.05, 0) is 30.4 Å². The smallest absolute Gasteiger partial charge is 0.0594 e. The Balaban J connectivity index is 1.54. The third-order valence-electron chi connectivity index (χ3n) is 4.63. The van der Waals surface area contributed by atoms with E-state index in [2.05, 4.69) is 29.2 Å². The predicted octanol–water partition coefficient (Wildman–Crippen LogP) is 1.55. The van der Waals surface area contributed by atoms with Crippen molar-refractivity contribution < 1.29 is 4.74 Å². The molecule has 1 aliphatic heterocycles. The molecule has 1 saturated heterocycles. The molecule has 2 fully saturated rings. The van der Waals surface area contributed by atoms with Crippen LogP contribution in [-0.4, -0.2) is 44.3 Å². The summed E-state index contributed by atoms with van der Waals surface area (Å²) >= 11 is 0. The van der Waals surface area contributed by atoms with E-state index in [-0.39, 0.29) is 0 Å². The highest BCUT2D eigenvalue weighted by atomic mass is 16.5. The highest BCUT2D eigenvalue weighted by Crippen LogP contribution is 2.47. The Kier molecular flexibility index (Phi) is 3.87. The van der Waals surface area contributed by atoms with Crippen LogP contribution in [0.5, 0.6) is 0 Å². The van der Waals surface area contributed by atoms with Crippen LogP contribution in [0.25, 0.3) is 0 Å². The Hall–Kier alpha value is -0.900. The van der Waals surface area contributed by atoms with Crippen molar-refractivity contribution in [3.63, 3.8) is 0 Å². The average Bonchev–Trinajstić information content (AvgIpc) is 3.28. The number of ether oxygens (including phenoxy) is 1. The molecule has 3 nitrogen and oxygen atoms in total. The molecular formula is C16H24N2O. The quantitative estimate of drug-likeness (QED) is 0.873. The highest BCUT2D eigenvalue weighted by Gasteiger charge is 2.42. The van der Waals surface area contributed by atoms with E-state index < -0.39 is 0 Å². The first-order valence-electron chi connectivity index (χ1n) is 7.42. The fraction of sp³-hybridized carbons (Fsp3) is 0.625. The lowest BCUT2D eigenvalue weighted by Crippen LogP contribution is -2.37. The topological polar surface area (TPSA) is 38.5 Å². The second-order valence-electron chi connectivity index (χ2n) is 5.89. The van der Waals surface area contributed by atoms with Crippen molar-refractivity contribution >= 4 is 0 Å². The molecule has 1 aromatic carbocycles. The number of nitrogens with two attached hydrogens (primary N) is 1. The first-order valence-corrected chi connectivity index (χ1v) is 7.42. The lowest BCUT2D eigenvalue weighted by atomic mass is 9.95. The first-order chi connectivity index (χ1) is 9.32. The lowest BCUT2D eigenvalue weighted by molar-refractivity contribution is 0.0384. The second-order valence-corrected chi connectivity index (χ2v) is 5.89. The van der Waals surface area contributed by atoms with Gasteiger partial charge in [0, 0.05) is 31.6 Å². The minimum atomic E-state index is 0.322. The van der Waals surface area contributed by atoms with Crippen molar-refractivity contribution in [1.82, 2.24) is 4.90 Å². The molecule has 1 aliphatic carbocycles. The number of morpholine rings is 1. The minimum Gasteiger partial charge on any atom is -0.379 e. The highest BCUT2D eigenvalue weighted by molar-refractivity contribution is 5.34. The predicted molar refractivity (Wildman–Crippen MR) is 77.4 cm³/mol. The van der Waals surface area contributed by atoms with Crippen LogP contribution in [0.4, 0.5) is 0 Å². The van der Waals surface area contributed by atoms with E-state index >= 15 is 0 Å². The molecule has 0 amide bonds. The maximum atomic E-state index is 5.88. The molecule has 0 atom stereocenters. The van der Waals surface area contributed by atoms with Gasteiger partial charge in [0.15, 0.2) is 0 Å². The van der Waals surface area contributed by atoms with Crippen molar-refractivity contribution in [3.05, 3.63) is 35.4 Å². The van der Waals surface area contributed by atoms with Crippen LogP contribution in [0.2, 0.25) is 0 Å². The second kappa shape index (κ2) is 5.61. The number of hydrogen-bond donors (Lipinski definition) is 1. The molecule has 3 rings (SSSR count). The van der Waals surface area contributed by atoms with Gasteiger partial charge >= 0.3 is 0 Å². The van der Waals surface area contributed by atoms with Gasteiger partial charge in [0.2, 0.25) is 0 Å². The van der Waals surface area contributed by atoms with Crippen LogP contribution in [0.1, 0.15) is 24.0 Å². The summed E-state index contributed by atoms with van der Waals surface area (Å²) in [5.41, 5.74) is 9.07. The first kappa shape index (κ1) is 13.1. The molecule has 1 aromatic rings. The van der Waals surface area contributed by atoms with E-state index in [4.69, 9.17) is 10.5 Å². The molecule has 19 heavy (non-hydrogen) atoms. The zero-order valence-corrected chi connectivity index (χ0v) is 11.6. The summed E-state index contributed by atoms with van der Waals surface area (Å²) in [6.45, 7) is 5.86. The summed E-state index contributed by atoms with van der Waals surface area (Å²) in [4.78, 5) is 2.49. The van der Waals surface area contributed by atoms with Crippen molar-refractivity contribution in [2.45, 2.75) is 24.7 Å². The fourth-order valence-corrected chi connectivity index (χ4v) is 2.90. The molecule has 2 aliphatic rings. The standard InChI is InChI=1S/C16H24N2O/c17-13-16(6-7-16)15-3-1-14(2-4-15)5-8-18-9-11-19-12-10-18/h1-4H,5-13,17H2. The number of benzene rings is 1. The fourth-order valence-electron chi connectivity index (χ4n) is 2.90. The van der Waals surface area contributed by atoms with Crippen molar-refractivity contribution in [1.29, 1.82) is 0 Å². The minimum absolute atomic E-state index is 0.322. The molecule has 1 saturated carbocycles. The van der Waals surface area contributed by atoms with Gasteiger partial charge in [0.25, 0.3) is 0 Å². The summed E-state index contributed by atoms with van der Waals surface area (Å²) in [7, 11) is 0. The molecule has 0 spiro atoms. The molecule has 0 bridgehead atoms. The molecule has 2 N–H and O–H groups in total. The molecule has 1 heterocycles. The van der Waals surface area contributed by atoms with E-state index in [1.165, 1.54) is 24.0 Å². The monoisotopic (exact) mass is 260 g/mol. The maximum absolute atomic E-state index is 5.88. The van der Waals surface area contributed by atoms with Crippen LogP contribution in [0.3, 0.4) is 0 Å². The van der Waals surface area contributed by atoms with Crippen molar-refractivity contribution in [2.24, 2.45) is 5.73 Å². The third kappa shape index (κ3) is 2.99. The van der Waals surface area contributed by atoms with E-state index in [0.29, 0.717) is 5.41 Å². The zero-order valence-electron chi connectivity index (χ0n) is 11.6. The SMILES string of the molecule is NCC1(c2ccc(CCN3CCOCC3)cc2)CC1. The Morgan fingerprint density at radius 1 is 1.11 bits per heavy atom. The summed E-state index contributed by atoms with van der Waals surface area (Å²) < 4.78 is 5.37. The largest absolute Gasteiger partial charge is 0.379 e. The summed E-state index contributed by atoms with van der Waals surface area (Å²) in [5.74, 6) is 0. The number of hydrogen-bond acceptors (Lipinski definition) is 3. The van der Waals surface area contributed by atoms with Crippen LogP contribution in [0.15, 0.2) is 24.3 Å². The summed E-state index contributed by atoms with van der Waals surface area (Å²) in [6.07, 6.45) is 3.66. The Morgan fingerprint density at radius 2 is 1.79 bits per heavy atom. The number of rotatable bonds is 5. The Labute approximate surface area is 115 Å². The van der Waals surface area contributed by atoms with Gasteiger partial charge in [-0.15, -0.1) is 0 Å². The van der Waals surface area contributed by atoms with Gasteiger partial charge in [-0.1, -0.05) is 24.3 Å². The Bertz CT molecular complexity index is 405. The maximum Gasteiger partial charge on any atom is 0.0594 e. The van der Waals surface area contributed by atoms with E-state index in [0.717, 1.165) is 45.8 Å². The van der Waals surface area contributed by atoms with Crippen molar-refractivity contribution in [3.8, 4) is 0 Å². The van der Waals surface area contributed by atoms with E-state index in [9.17, 15) is 0 Å². The lowest BCUT2D eigenvalue weighted by Gasteiger charge is -2.26. The van der Waals surface area contributed by atoms with E-state index in [1.54, 1.807) is 0 Å². The van der Waals surface area contributed by atoms with Gasteiger partial charge in [-0.25, -0.2) is 0 Å². The molecule has 0 aromatic heterocycles. The van der Waals surface area contributed by atoms with Crippen LogP contribution >= 0.6 is 0 Å². The summed E-state index contributed by atoms with van der Waals surface area (Å²) in [5, 5.41) is 0. The molecule has 104 valence electrons. The van der Waals surface area contributed by atoms with Gasteiger partial charge in [-0.3, -0.25) is 4.90 Å². The van der Waals surface area contributed by atoms with Crippen LogP contribution < -0.4 is 5.73 Å². The normalized spacial score (nSPS) is 22.4. The van der Waals surface area contributed by atoms with E-state index in [1.807, 2.05) is 0 Å². The van der Waals surface area contributed by atoms with Crippen LogP contribution in [0, 0.1) is 0 Å². The third-order valence-corrected chi connectivity index (χ3v) is 4.63. The van der Waals surface area contributed by atoms with Gasteiger partial charge < -0.3 is 10.5 Å². The molecular weight excluding hydrogens is 236 g/mol.